The van der Waals surface area contributed by atoms with Crippen molar-refractivity contribution in [1.29, 1.82) is 0 Å². The van der Waals surface area contributed by atoms with Gasteiger partial charge < -0.3 is 19.3 Å². The van der Waals surface area contributed by atoms with Crippen molar-refractivity contribution >= 4 is 11.9 Å². The van der Waals surface area contributed by atoms with Gasteiger partial charge in [0.2, 0.25) is 5.79 Å². The molecule has 1 fully saturated rings. The van der Waals surface area contributed by atoms with Crippen molar-refractivity contribution in [2.45, 2.75) is 18.0 Å². The SMILES string of the molecule is COC(=O)C1OC(c2ccccc2)(c2ccccc2)OC1C(=O)O. The second kappa shape index (κ2) is 6.43. The monoisotopic (exact) mass is 328 g/mol. The summed E-state index contributed by atoms with van der Waals surface area (Å²) in [6.07, 6.45) is -2.84. The summed E-state index contributed by atoms with van der Waals surface area (Å²) in [6, 6.07) is 17.8. The van der Waals surface area contributed by atoms with Crippen LogP contribution in [0, 0.1) is 0 Å². The average Bonchev–Trinajstić information content (AvgIpc) is 3.05. The van der Waals surface area contributed by atoms with E-state index in [1.165, 1.54) is 7.11 Å². The fourth-order valence-electron chi connectivity index (χ4n) is 2.73. The van der Waals surface area contributed by atoms with Crippen molar-refractivity contribution in [3.63, 3.8) is 0 Å². The Hall–Kier alpha value is -2.70. The molecule has 0 spiro atoms. The Morgan fingerprint density at radius 2 is 1.38 bits per heavy atom. The molecule has 1 N–H and O–H groups in total. The number of hydrogen-bond acceptors (Lipinski definition) is 5. The molecule has 3 rings (SSSR count). The number of hydrogen-bond donors (Lipinski definition) is 1. The number of carboxylic acid groups (broad SMARTS) is 1. The molecular weight excluding hydrogens is 312 g/mol. The first-order valence-electron chi connectivity index (χ1n) is 7.36. The third-order valence-corrected chi connectivity index (χ3v) is 3.85. The van der Waals surface area contributed by atoms with E-state index < -0.39 is 29.9 Å². The number of benzene rings is 2. The zero-order valence-electron chi connectivity index (χ0n) is 12.9. The maximum Gasteiger partial charge on any atom is 0.338 e. The van der Waals surface area contributed by atoms with Crippen LogP contribution in [-0.2, 0) is 29.6 Å². The molecule has 124 valence electrons. The standard InChI is InChI=1S/C18H16O6/c1-22-17(21)15-14(16(19)20)23-18(24-15,12-8-4-2-5-9-12)13-10-6-3-7-11-13/h2-11,14-15H,1H3,(H,19,20). The van der Waals surface area contributed by atoms with Crippen molar-refractivity contribution < 1.29 is 28.9 Å². The maximum atomic E-state index is 12.0. The van der Waals surface area contributed by atoms with Gasteiger partial charge in [0.1, 0.15) is 0 Å². The molecule has 1 aliphatic heterocycles. The first kappa shape index (κ1) is 16.2. The van der Waals surface area contributed by atoms with Crippen LogP contribution >= 0.6 is 0 Å². The van der Waals surface area contributed by atoms with Gasteiger partial charge in [-0.15, -0.1) is 0 Å². The lowest BCUT2D eigenvalue weighted by atomic mass is 9.97. The van der Waals surface area contributed by atoms with Gasteiger partial charge in [-0.25, -0.2) is 9.59 Å². The minimum absolute atomic E-state index is 0.592. The van der Waals surface area contributed by atoms with Gasteiger partial charge in [-0.1, -0.05) is 60.7 Å². The molecule has 2 aromatic carbocycles. The van der Waals surface area contributed by atoms with Crippen molar-refractivity contribution in [2.75, 3.05) is 7.11 Å². The number of methoxy groups -OCH3 is 1. The van der Waals surface area contributed by atoms with E-state index in [1.807, 2.05) is 12.1 Å². The number of carboxylic acids is 1. The smallest absolute Gasteiger partial charge is 0.338 e. The van der Waals surface area contributed by atoms with E-state index in [2.05, 4.69) is 4.74 Å². The Kier molecular flexibility index (Phi) is 4.33. The number of aliphatic carboxylic acids is 1. The maximum absolute atomic E-state index is 12.0. The van der Waals surface area contributed by atoms with E-state index in [0.717, 1.165) is 0 Å². The van der Waals surface area contributed by atoms with Gasteiger partial charge in [-0.2, -0.15) is 0 Å². The quantitative estimate of drug-likeness (QED) is 0.864. The summed E-state index contributed by atoms with van der Waals surface area (Å²) in [5.74, 6) is -3.58. The Labute approximate surface area is 138 Å². The fraction of sp³-hybridized carbons (Fsp3) is 0.222. The molecule has 0 amide bonds. The summed E-state index contributed by atoms with van der Waals surface area (Å²) in [4.78, 5) is 23.6. The molecule has 2 atom stereocenters. The molecular formula is C18H16O6. The molecule has 6 nitrogen and oxygen atoms in total. The Bertz CT molecular complexity index is 688. The first-order chi connectivity index (χ1) is 11.6. The number of carbonyl (C=O) groups is 2. The predicted octanol–water partition coefficient (Wildman–Crippen LogP) is 1.93. The van der Waals surface area contributed by atoms with Gasteiger partial charge in [-0.05, 0) is 0 Å². The second-order valence-corrected chi connectivity index (χ2v) is 5.29. The molecule has 0 aromatic heterocycles. The van der Waals surface area contributed by atoms with E-state index in [0.29, 0.717) is 11.1 Å². The van der Waals surface area contributed by atoms with Crippen LogP contribution in [-0.4, -0.2) is 36.4 Å². The van der Waals surface area contributed by atoms with Crippen molar-refractivity contribution in [1.82, 2.24) is 0 Å². The van der Waals surface area contributed by atoms with Crippen molar-refractivity contribution in [3.8, 4) is 0 Å². The number of esters is 1. The van der Waals surface area contributed by atoms with Crippen LogP contribution in [0.15, 0.2) is 60.7 Å². The molecule has 0 aliphatic carbocycles. The van der Waals surface area contributed by atoms with Crippen LogP contribution in [0.4, 0.5) is 0 Å². The van der Waals surface area contributed by atoms with Crippen LogP contribution < -0.4 is 0 Å². The highest BCUT2D eigenvalue weighted by Crippen LogP contribution is 2.43. The van der Waals surface area contributed by atoms with E-state index in [-0.39, 0.29) is 0 Å². The lowest BCUT2D eigenvalue weighted by Crippen LogP contribution is -2.37. The van der Waals surface area contributed by atoms with E-state index in [9.17, 15) is 14.7 Å². The van der Waals surface area contributed by atoms with E-state index in [4.69, 9.17) is 9.47 Å². The van der Waals surface area contributed by atoms with Crippen LogP contribution in [0.25, 0.3) is 0 Å². The molecule has 24 heavy (non-hydrogen) atoms. The molecule has 0 bridgehead atoms. The third kappa shape index (κ3) is 2.66. The van der Waals surface area contributed by atoms with Gasteiger partial charge in [0.05, 0.1) is 7.11 Å². The Balaban J connectivity index is 2.14. The zero-order chi connectivity index (χ0) is 17.2. The first-order valence-corrected chi connectivity index (χ1v) is 7.36. The summed E-state index contributed by atoms with van der Waals surface area (Å²) in [7, 11) is 1.18. The Morgan fingerprint density at radius 3 is 1.79 bits per heavy atom. The highest BCUT2D eigenvalue weighted by atomic mass is 16.8. The summed E-state index contributed by atoms with van der Waals surface area (Å²) < 4.78 is 16.3. The lowest BCUT2D eigenvalue weighted by Gasteiger charge is -2.28. The molecule has 2 aromatic rings. The molecule has 1 aliphatic rings. The van der Waals surface area contributed by atoms with Gasteiger partial charge in [-0.3, -0.25) is 0 Å². The number of carbonyl (C=O) groups excluding carboxylic acids is 1. The minimum Gasteiger partial charge on any atom is -0.479 e. The molecule has 1 saturated heterocycles. The summed E-state index contributed by atoms with van der Waals surface area (Å²) in [6.45, 7) is 0. The number of rotatable bonds is 4. The van der Waals surface area contributed by atoms with Gasteiger partial charge >= 0.3 is 11.9 Å². The number of ether oxygens (including phenoxy) is 3. The summed E-state index contributed by atoms with van der Waals surface area (Å²) in [5.41, 5.74) is 1.18. The van der Waals surface area contributed by atoms with Crippen LogP contribution in [0.5, 0.6) is 0 Å². The van der Waals surface area contributed by atoms with Crippen molar-refractivity contribution in [3.05, 3.63) is 71.8 Å². The van der Waals surface area contributed by atoms with Gasteiger partial charge in [0.15, 0.2) is 12.2 Å². The van der Waals surface area contributed by atoms with Crippen LogP contribution in [0.2, 0.25) is 0 Å². The lowest BCUT2D eigenvalue weighted by molar-refractivity contribution is -0.172. The molecule has 0 radical (unpaired) electrons. The second-order valence-electron chi connectivity index (χ2n) is 5.29. The molecule has 6 heteroatoms. The fourth-order valence-corrected chi connectivity index (χ4v) is 2.73. The third-order valence-electron chi connectivity index (χ3n) is 3.85. The molecule has 2 unspecified atom stereocenters. The molecule has 1 heterocycles. The van der Waals surface area contributed by atoms with E-state index >= 15 is 0 Å². The Morgan fingerprint density at radius 1 is 0.917 bits per heavy atom. The normalized spacial score (nSPS) is 22.0. The van der Waals surface area contributed by atoms with Crippen LogP contribution in [0.3, 0.4) is 0 Å². The highest BCUT2D eigenvalue weighted by molar-refractivity contribution is 5.85. The summed E-state index contributed by atoms with van der Waals surface area (Å²) in [5, 5.41) is 9.44. The predicted molar refractivity (Wildman–Crippen MR) is 83.1 cm³/mol. The van der Waals surface area contributed by atoms with Gasteiger partial charge in [0.25, 0.3) is 0 Å². The van der Waals surface area contributed by atoms with Crippen molar-refractivity contribution in [2.24, 2.45) is 0 Å². The van der Waals surface area contributed by atoms with Crippen LogP contribution in [0.1, 0.15) is 11.1 Å². The zero-order valence-corrected chi connectivity index (χ0v) is 12.9. The highest BCUT2D eigenvalue weighted by Gasteiger charge is 2.56. The van der Waals surface area contributed by atoms with Gasteiger partial charge in [0, 0.05) is 11.1 Å². The van der Waals surface area contributed by atoms with E-state index in [1.54, 1.807) is 48.5 Å². The molecule has 0 saturated carbocycles. The average molecular weight is 328 g/mol. The topological polar surface area (TPSA) is 82.1 Å². The summed E-state index contributed by atoms with van der Waals surface area (Å²) >= 11 is 0. The minimum atomic E-state index is -1.50. The largest absolute Gasteiger partial charge is 0.479 e.